The van der Waals surface area contributed by atoms with Gasteiger partial charge in [-0.2, -0.15) is 0 Å². The van der Waals surface area contributed by atoms with Crippen LogP contribution in [0.1, 0.15) is 24.5 Å². The number of pyridine rings is 1. The number of benzene rings is 2. The molecule has 0 amide bonds. The van der Waals surface area contributed by atoms with Gasteiger partial charge in [-0.05, 0) is 65.2 Å². The molecule has 3 nitrogen and oxygen atoms in total. The summed E-state index contributed by atoms with van der Waals surface area (Å²) < 4.78 is 13.3. The second kappa shape index (κ2) is 7.54. The number of phenolic OH excluding ortho intramolecular Hbond substituents is 1. The van der Waals surface area contributed by atoms with E-state index in [0.29, 0.717) is 6.42 Å². The molecule has 0 unspecified atom stereocenters. The van der Waals surface area contributed by atoms with Gasteiger partial charge in [-0.3, -0.25) is 9.98 Å². The molecule has 3 aromatic rings. The summed E-state index contributed by atoms with van der Waals surface area (Å²) in [7, 11) is 0. The quantitative estimate of drug-likeness (QED) is 0.542. The Labute approximate surface area is 159 Å². The third-order valence-electron chi connectivity index (χ3n) is 4.22. The first-order valence-corrected chi connectivity index (χ1v) is 7.97. The first-order chi connectivity index (χ1) is 12.2. The maximum absolute atomic E-state index is 13.3. The van der Waals surface area contributed by atoms with E-state index in [0.717, 1.165) is 33.7 Å². The van der Waals surface area contributed by atoms with Crippen LogP contribution in [0.4, 0.5) is 4.39 Å². The van der Waals surface area contributed by atoms with Gasteiger partial charge >= 0.3 is 0 Å². The van der Waals surface area contributed by atoms with E-state index >= 15 is 0 Å². The zero-order valence-corrected chi connectivity index (χ0v) is 14.7. The third-order valence-corrected chi connectivity index (χ3v) is 4.22. The monoisotopic (exact) mass is 365 g/mol. The predicted molar refractivity (Wildman–Crippen MR) is 108 cm³/mol. The van der Waals surface area contributed by atoms with Crippen LogP contribution in [0.2, 0.25) is 0 Å². The van der Waals surface area contributed by atoms with Crippen molar-refractivity contribution >= 4 is 30.5 Å². The van der Waals surface area contributed by atoms with Gasteiger partial charge < -0.3 is 18.6 Å². The molecular formula is C21H18FN2OS-. The number of aromatic nitrogens is 1. The first-order valence-electron chi connectivity index (χ1n) is 7.97. The van der Waals surface area contributed by atoms with Crippen LogP contribution in [-0.2, 0) is 13.5 Å². The average Bonchev–Trinajstić information content (AvgIpc) is 3.09. The number of halogens is 1. The second-order valence-electron chi connectivity index (χ2n) is 5.85. The number of aromatic hydroxyl groups is 1. The van der Waals surface area contributed by atoms with E-state index in [1.165, 1.54) is 12.1 Å². The highest BCUT2D eigenvalue weighted by Crippen LogP contribution is 2.37. The Bertz CT molecular complexity index is 971. The maximum atomic E-state index is 13.3. The summed E-state index contributed by atoms with van der Waals surface area (Å²) in [6, 6.07) is 17.3. The summed E-state index contributed by atoms with van der Waals surface area (Å²) >= 11 is 0. The first kappa shape index (κ1) is 17.9. The fourth-order valence-electron chi connectivity index (χ4n) is 2.95. The normalized spacial score (nSPS) is 13.3. The van der Waals surface area contributed by atoms with Gasteiger partial charge in [-0.25, -0.2) is 4.39 Å². The van der Waals surface area contributed by atoms with E-state index in [4.69, 9.17) is 4.99 Å². The number of phenols is 1. The molecular weight excluding hydrogens is 347 g/mol. The molecule has 0 fully saturated rings. The minimum Gasteiger partial charge on any atom is -0.813 e. The SMILES string of the molecule is Oc1ccc(C2=NC(c3ccncc3)=C(c3ccc(F)cc3)C2)cc1.[HH].[SH-]. The van der Waals surface area contributed by atoms with Crippen molar-refractivity contribution in [3.8, 4) is 5.75 Å². The molecule has 4 rings (SSSR count). The van der Waals surface area contributed by atoms with Crippen molar-refractivity contribution in [1.29, 1.82) is 0 Å². The number of hydrogen-bond acceptors (Lipinski definition) is 4. The van der Waals surface area contributed by atoms with E-state index in [1.54, 1.807) is 36.7 Å². The molecule has 0 saturated carbocycles. The minimum absolute atomic E-state index is 0. The fraction of sp³-hybridized carbons (Fsp3) is 0.0476. The summed E-state index contributed by atoms with van der Waals surface area (Å²) in [6.45, 7) is 0. The summed E-state index contributed by atoms with van der Waals surface area (Å²) in [5.41, 5.74) is 5.73. The van der Waals surface area contributed by atoms with Gasteiger partial charge in [0, 0.05) is 25.8 Å². The lowest BCUT2D eigenvalue weighted by Crippen LogP contribution is -1.97. The van der Waals surface area contributed by atoms with E-state index in [-0.39, 0.29) is 26.5 Å². The number of aliphatic imine (C=N–C) groups is 1. The maximum Gasteiger partial charge on any atom is 0.123 e. The zero-order valence-electron chi connectivity index (χ0n) is 13.8. The molecule has 1 aromatic heterocycles. The number of thiol groups is 1. The van der Waals surface area contributed by atoms with Gasteiger partial charge in [0.05, 0.1) is 11.4 Å². The van der Waals surface area contributed by atoms with Crippen LogP contribution in [0.25, 0.3) is 11.3 Å². The lowest BCUT2D eigenvalue weighted by molar-refractivity contribution is 0.475. The standard InChI is InChI=1S/C21H15FN2O.H2S.H2/c22-17-5-1-14(2-6-17)19-13-20(15-3-7-18(25)8-4-15)24-21(19)16-9-11-23-12-10-16;;/h1-12,25H,13H2;1H2;1H/p-1. The van der Waals surface area contributed by atoms with Crippen LogP contribution in [0.15, 0.2) is 78.0 Å². The van der Waals surface area contributed by atoms with Gasteiger partial charge in [0.15, 0.2) is 0 Å². The molecule has 2 aromatic carbocycles. The highest BCUT2D eigenvalue weighted by atomic mass is 32.1. The Hall–Kier alpha value is -2.92. The highest BCUT2D eigenvalue weighted by Gasteiger charge is 2.21. The number of nitrogens with zero attached hydrogens (tertiary/aromatic N) is 2. The molecule has 1 N–H and O–H groups in total. The van der Waals surface area contributed by atoms with Crippen LogP contribution in [0.3, 0.4) is 0 Å². The number of rotatable bonds is 3. The largest absolute Gasteiger partial charge is 0.813 e. The minimum atomic E-state index is -0.257. The van der Waals surface area contributed by atoms with Crippen molar-refractivity contribution in [3.05, 3.63) is 95.6 Å². The summed E-state index contributed by atoms with van der Waals surface area (Å²) in [5, 5.41) is 9.49. The van der Waals surface area contributed by atoms with Crippen LogP contribution in [0, 0.1) is 5.82 Å². The molecule has 0 aliphatic carbocycles. The molecule has 0 spiro atoms. The third kappa shape index (κ3) is 3.53. The van der Waals surface area contributed by atoms with Crippen LogP contribution in [0.5, 0.6) is 5.75 Å². The molecule has 1 aliphatic rings. The van der Waals surface area contributed by atoms with Crippen molar-refractivity contribution in [2.24, 2.45) is 4.99 Å². The fourth-order valence-corrected chi connectivity index (χ4v) is 2.95. The van der Waals surface area contributed by atoms with Crippen LogP contribution < -0.4 is 0 Å². The molecule has 0 radical (unpaired) electrons. The van der Waals surface area contributed by atoms with E-state index in [2.05, 4.69) is 4.98 Å². The Balaban J connectivity index is 0.00000131. The predicted octanol–water partition coefficient (Wildman–Crippen LogP) is 4.66. The number of hydrogen-bond donors (Lipinski definition) is 1. The van der Waals surface area contributed by atoms with Gasteiger partial charge in [-0.15, -0.1) is 0 Å². The molecule has 5 heteroatoms. The second-order valence-corrected chi connectivity index (χ2v) is 5.85. The van der Waals surface area contributed by atoms with Gasteiger partial charge in [0.25, 0.3) is 0 Å². The lowest BCUT2D eigenvalue weighted by Gasteiger charge is -2.07. The lowest BCUT2D eigenvalue weighted by atomic mass is 9.96. The Morgan fingerprint density at radius 2 is 1.42 bits per heavy atom. The van der Waals surface area contributed by atoms with Crippen molar-refractivity contribution in [1.82, 2.24) is 4.98 Å². The van der Waals surface area contributed by atoms with Gasteiger partial charge in [0.2, 0.25) is 0 Å². The molecule has 0 bridgehead atoms. The molecule has 0 atom stereocenters. The Morgan fingerprint density at radius 3 is 2.08 bits per heavy atom. The van der Waals surface area contributed by atoms with E-state index in [9.17, 15) is 9.50 Å². The summed E-state index contributed by atoms with van der Waals surface area (Å²) in [4.78, 5) is 8.90. The molecule has 0 saturated heterocycles. The summed E-state index contributed by atoms with van der Waals surface area (Å²) in [6.07, 6.45) is 4.12. The van der Waals surface area contributed by atoms with Crippen molar-refractivity contribution in [2.45, 2.75) is 6.42 Å². The van der Waals surface area contributed by atoms with E-state index < -0.39 is 0 Å². The zero-order chi connectivity index (χ0) is 17.2. The van der Waals surface area contributed by atoms with Crippen LogP contribution >= 0.6 is 0 Å². The molecule has 132 valence electrons. The highest BCUT2D eigenvalue weighted by molar-refractivity contribution is 7.37. The summed E-state index contributed by atoms with van der Waals surface area (Å²) in [5.74, 6) is -0.0316. The van der Waals surface area contributed by atoms with Crippen LogP contribution in [-0.4, -0.2) is 15.8 Å². The van der Waals surface area contributed by atoms with Gasteiger partial charge in [-0.1, -0.05) is 12.1 Å². The topological polar surface area (TPSA) is 45.5 Å². The van der Waals surface area contributed by atoms with Crippen molar-refractivity contribution in [2.75, 3.05) is 0 Å². The van der Waals surface area contributed by atoms with Crippen molar-refractivity contribution in [3.63, 3.8) is 0 Å². The molecule has 2 heterocycles. The molecule has 1 aliphatic heterocycles. The molecule has 26 heavy (non-hydrogen) atoms. The van der Waals surface area contributed by atoms with Crippen molar-refractivity contribution < 1.29 is 10.9 Å². The average molecular weight is 365 g/mol. The van der Waals surface area contributed by atoms with E-state index in [1.807, 2.05) is 24.3 Å². The number of allylic oxidation sites excluding steroid dienone is 1. The Morgan fingerprint density at radius 1 is 0.808 bits per heavy atom. The smallest absolute Gasteiger partial charge is 0.123 e. The Kier molecular flexibility index (Phi) is 5.19. The van der Waals surface area contributed by atoms with Gasteiger partial charge in [0.1, 0.15) is 11.6 Å².